The number of likely N-dealkylation sites (tertiary alicyclic amines) is 1. The van der Waals surface area contributed by atoms with E-state index >= 15 is 0 Å². The zero-order valence-electron chi connectivity index (χ0n) is 18.8. The van der Waals surface area contributed by atoms with Gasteiger partial charge in [-0.25, -0.2) is 4.68 Å². The number of aromatic amines is 1. The molecule has 1 aliphatic rings. The van der Waals surface area contributed by atoms with Crippen molar-refractivity contribution < 1.29 is 9.47 Å². The smallest absolute Gasteiger partial charge is 0.253 e. The molecule has 1 atom stereocenters. The van der Waals surface area contributed by atoms with Gasteiger partial charge in [-0.2, -0.15) is 0 Å². The Morgan fingerprint density at radius 2 is 1.71 bits per heavy atom. The van der Waals surface area contributed by atoms with Crippen LogP contribution in [-0.2, 0) is 5.54 Å². The summed E-state index contributed by atoms with van der Waals surface area (Å²) in [6, 6.07) is 5.26. The third-order valence-corrected chi connectivity index (χ3v) is 5.80. The topological polar surface area (TPSA) is 98.2 Å². The molecule has 3 aromatic rings. The Morgan fingerprint density at radius 1 is 1.03 bits per heavy atom. The molecular weight excluding hydrogens is 396 g/mol. The van der Waals surface area contributed by atoms with Crippen molar-refractivity contribution in [1.29, 1.82) is 0 Å². The second kappa shape index (κ2) is 8.30. The number of aromatic nitrogens is 5. The lowest BCUT2D eigenvalue weighted by molar-refractivity contribution is 0.170. The van der Waals surface area contributed by atoms with Crippen LogP contribution in [0.2, 0.25) is 0 Å². The molecule has 0 radical (unpaired) electrons. The monoisotopic (exact) mass is 426 g/mol. The third kappa shape index (κ3) is 4.01. The number of H-pyrrole nitrogens is 1. The highest BCUT2D eigenvalue weighted by atomic mass is 16.5. The number of pyridine rings is 1. The summed E-state index contributed by atoms with van der Waals surface area (Å²) in [7, 11) is 3.18. The fourth-order valence-electron chi connectivity index (χ4n) is 4.27. The molecule has 1 aliphatic heterocycles. The Kier molecular flexibility index (Phi) is 5.70. The number of piperidine rings is 1. The molecule has 166 valence electrons. The number of ether oxygens (including phenoxy) is 2. The molecule has 9 heteroatoms. The fourth-order valence-corrected chi connectivity index (χ4v) is 4.27. The summed E-state index contributed by atoms with van der Waals surface area (Å²) in [6.07, 6.45) is 3.37. The molecule has 0 amide bonds. The Labute approximate surface area is 181 Å². The van der Waals surface area contributed by atoms with Gasteiger partial charge in [-0.15, -0.1) is 5.10 Å². The van der Waals surface area contributed by atoms with Crippen molar-refractivity contribution in [2.24, 2.45) is 0 Å². The van der Waals surface area contributed by atoms with Crippen molar-refractivity contribution in [1.82, 2.24) is 30.1 Å². The second-order valence-corrected chi connectivity index (χ2v) is 8.97. The average molecular weight is 427 g/mol. The minimum absolute atomic E-state index is 0.154. The van der Waals surface area contributed by atoms with Crippen LogP contribution in [0.3, 0.4) is 0 Å². The minimum atomic E-state index is -0.337. The van der Waals surface area contributed by atoms with Crippen molar-refractivity contribution in [3.8, 4) is 11.5 Å². The first kappa shape index (κ1) is 21.3. The Morgan fingerprint density at radius 3 is 2.35 bits per heavy atom. The van der Waals surface area contributed by atoms with Crippen LogP contribution in [0.1, 0.15) is 57.5 Å². The van der Waals surface area contributed by atoms with E-state index in [0.29, 0.717) is 28.4 Å². The molecule has 0 unspecified atom stereocenters. The largest absolute Gasteiger partial charge is 0.493 e. The molecule has 4 rings (SSSR count). The molecule has 1 saturated heterocycles. The molecule has 1 aromatic carbocycles. The fraction of sp³-hybridized carbons (Fsp3) is 0.545. The van der Waals surface area contributed by atoms with Gasteiger partial charge in [0.15, 0.2) is 17.3 Å². The number of nitrogens with zero attached hydrogens (tertiary/aromatic N) is 5. The van der Waals surface area contributed by atoms with Crippen LogP contribution in [0.15, 0.2) is 23.0 Å². The van der Waals surface area contributed by atoms with Crippen molar-refractivity contribution in [3.63, 3.8) is 0 Å². The van der Waals surface area contributed by atoms with Crippen LogP contribution >= 0.6 is 0 Å². The molecule has 2 aromatic heterocycles. The van der Waals surface area contributed by atoms with E-state index in [1.807, 2.05) is 16.8 Å². The molecule has 0 bridgehead atoms. The Hall–Kier alpha value is -2.94. The summed E-state index contributed by atoms with van der Waals surface area (Å²) in [5.74, 6) is 1.87. The van der Waals surface area contributed by atoms with E-state index < -0.39 is 0 Å². The lowest BCUT2D eigenvalue weighted by Gasteiger charge is -2.35. The maximum atomic E-state index is 13.3. The van der Waals surface area contributed by atoms with E-state index in [4.69, 9.17) is 9.47 Å². The number of methoxy groups -OCH3 is 2. The zero-order valence-corrected chi connectivity index (χ0v) is 18.8. The highest BCUT2D eigenvalue weighted by Gasteiger charge is 2.33. The number of benzene rings is 1. The van der Waals surface area contributed by atoms with Gasteiger partial charge in [0.1, 0.15) is 6.04 Å². The minimum Gasteiger partial charge on any atom is -0.493 e. The number of hydrogen-bond acceptors (Lipinski definition) is 7. The van der Waals surface area contributed by atoms with Crippen molar-refractivity contribution >= 4 is 10.9 Å². The summed E-state index contributed by atoms with van der Waals surface area (Å²) in [6.45, 7) is 7.96. The van der Waals surface area contributed by atoms with E-state index in [-0.39, 0.29) is 17.1 Å². The molecule has 3 heterocycles. The van der Waals surface area contributed by atoms with Crippen molar-refractivity contribution in [3.05, 3.63) is 39.9 Å². The van der Waals surface area contributed by atoms with Crippen molar-refractivity contribution in [2.45, 2.75) is 51.6 Å². The number of hydrogen-bond donors (Lipinski definition) is 1. The van der Waals surface area contributed by atoms with Gasteiger partial charge < -0.3 is 14.5 Å². The van der Waals surface area contributed by atoms with E-state index in [1.165, 1.54) is 6.42 Å². The van der Waals surface area contributed by atoms with Crippen molar-refractivity contribution in [2.75, 3.05) is 27.3 Å². The number of nitrogens with one attached hydrogen (secondary N) is 1. The predicted octanol–water partition coefficient (Wildman–Crippen LogP) is 2.86. The standard InChI is InChI=1S/C22H30N6O3/c1-22(2,3)28-20(24-25-26-28)19(27-9-7-6-8-10-27)15-11-14-12-17(30-4)18(31-5)13-16(14)23-21(15)29/h11-13,19H,6-10H2,1-5H3,(H,23,29)/t19-/m0/s1. The van der Waals surface area contributed by atoms with Gasteiger partial charge in [0.2, 0.25) is 0 Å². The van der Waals surface area contributed by atoms with Crippen LogP contribution in [0.4, 0.5) is 0 Å². The van der Waals surface area contributed by atoms with Crippen LogP contribution in [0.5, 0.6) is 11.5 Å². The van der Waals surface area contributed by atoms with E-state index in [9.17, 15) is 4.79 Å². The first-order valence-electron chi connectivity index (χ1n) is 10.6. The maximum Gasteiger partial charge on any atom is 0.253 e. The SMILES string of the molecule is COc1cc2cc([C@@H](c3nnnn3C(C)(C)C)N3CCCCC3)c(=O)[nH]c2cc1OC. The molecule has 1 N–H and O–H groups in total. The third-order valence-electron chi connectivity index (χ3n) is 5.80. The summed E-state index contributed by atoms with van der Waals surface area (Å²) in [4.78, 5) is 18.6. The first-order valence-corrected chi connectivity index (χ1v) is 10.6. The quantitative estimate of drug-likeness (QED) is 0.670. The highest BCUT2D eigenvalue weighted by molar-refractivity contribution is 5.83. The molecule has 9 nitrogen and oxygen atoms in total. The summed E-state index contributed by atoms with van der Waals surface area (Å²) < 4.78 is 12.7. The van der Waals surface area contributed by atoms with Crippen LogP contribution < -0.4 is 15.0 Å². The van der Waals surface area contributed by atoms with Gasteiger partial charge >= 0.3 is 0 Å². The molecule has 0 saturated carbocycles. The highest BCUT2D eigenvalue weighted by Crippen LogP contribution is 2.34. The van der Waals surface area contributed by atoms with Gasteiger partial charge in [-0.05, 0) is 69.3 Å². The molecule has 0 aliphatic carbocycles. The first-order chi connectivity index (χ1) is 14.8. The summed E-state index contributed by atoms with van der Waals surface area (Å²) in [5, 5.41) is 13.5. The Bertz CT molecular complexity index is 1120. The van der Waals surface area contributed by atoms with Gasteiger partial charge in [-0.1, -0.05) is 6.42 Å². The number of fused-ring (bicyclic) bond motifs is 1. The van der Waals surface area contributed by atoms with Crippen LogP contribution in [-0.4, -0.2) is 57.4 Å². The van der Waals surface area contributed by atoms with E-state index in [0.717, 1.165) is 31.3 Å². The summed E-state index contributed by atoms with van der Waals surface area (Å²) in [5.41, 5.74) is 0.854. The zero-order chi connectivity index (χ0) is 22.2. The maximum absolute atomic E-state index is 13.3. The van der Waals surface area contributed by atoms with Gasteiger partial charge in [-0.3, -0.25) is 9.69 Å². The Balaban J connectivity index is 1.92. The second-order valence-electron chi connectivity index (χ2n) is 8.97. The lowest BCUT2D eigenvalue weighted by Crippen LogP contribution is -2.40. The number of tetrazole rings is 1. The normalized spacial score (nSPS) is 16.4. The van der Waals surface area contributed by atoms with Crippen LogP contribution in [0.25, 0.3) is 10.9 Å². The van der Waals surface area contributed by atoms with Crippen LogP contribution in [0, 0.1) is 0 Å². The molecular formula is C22H30N6O3. The lowest BCUT2D eigenvalue weighted by atomic mass is 9.99. The van der Waals surface area contributed by atoms with E-state index in [2.05, 4.69) is 46.2 Å². The predicted molar refractivity (Wildman–Crippen MR) is 118 cm³/mol. The number of rotatable bonds is 5. The van der Waals surface area contributed by atoms with Gasteiger partial charge in [0.25, 0.3) is 5.56 Å². The van der Waals surface area contributed by atoms with E-state index in [1.54, 1.807) is 20.3 Å². The van der Waals surface area contributed by atoms with Gasteiger partial charge in [0, 0.05) is 17.0 Å². The summed E-state index contributed by atoms with van der Waals surface area (Å²) >= 11 is 0. The molecule has 31 heavy (non-hydrogen) atoms. The molecule has 1 fully saturated rings. The van der Waals surface area contributed by atoms with Gasteiger partial charge in [0.05, 0.1) is 25.3 Å². The molecule has 0 spiro atoms. The average Bonchev–Trinajstić information content (AvgIpc) is 3.24.